The number of carbonyl (C=O) groups is 1. The summed E-state index contributed by atoms with van der Waals surface area (Å²) in [5, 5.41) is 17.5. The van der Waals surface area contributed by atoms with E-state index in [0.29, 0.717) is 30.8 Å². The first-order chi connectivity index (χ1) is 16.7. The van der Waals surface area contributed by atoms with Gasteiger partial charge in [0.05, 0.1) is 6.54 Å². The van der Waals surface area contributed by atoms with Crippen molar-refractivity contribution in [3.8, 4) is 11.8 Å². The second kappa shape index (κ2) is 9.17. The Labute approximate surface area is 202 Å². The standard InChI is InChI=1S/C20H21ClF4N8O2/c21-33-16(9-28-17(18(33)34)13-8-26-3-4-27-13)31-5-6-32-15(10-31)29-30-19(32)35-14-2-1-11(22)7-12(14)20(23,24)25/h1-2,7,9,13,17,26-28H,3-6,8,10H2. The molecule has 3 N–H and O–H groups in total. The number of amides is 1. The highest BCUT2D eigenvalue weighted by Gasteiger charge is 2.39. The van der Waals surface area contributed by atoms with Gasteiger partial charge in [0.25, 0.3) is 5.91 Å². The fourth-order valence-electron chi connectivity index (χ4n) is 4.26. The van der Waals surface area contributed by atoms with Crippen LogP contribution in [-0.2, 0) is 24.1 Å². The number of halogens is 5. The molecule has 0 saturated carbocycles. The molecule has 0 aliphatic carbocycles. The number of alkyl halides is 3. The molecular weight excluding hydrogens is 496 g/mol. The smallest absolute Gasteiger partial charge is 0.420 e. The van der Waals surface area contributed by atoms with Gasteiger partial charge in [-0.1, -0.05) is 5.10 Å². The van der Waals surface area contributed by atoms with Crippen LogP contribution in [-0.4, -0.2) is 68.3 Å². The lowest BCUT2D eigenvalue weighted by molar-refractivity contribution is -0.138. The van der Waals surface area contributed by atoms with Gasteiger partial charge in [0.2, 0.25) is 0 Å². The van der Waals surface area contributed by atoms with E-state index >= 15 is 0 Å². The molecule has 3 aliphatic rings. The molecule has 2 unspecified atom stereocenters. The van der Waals surface area contributed by atoms with Gasteiger partial charge in [-0.25, -0.2) is 8.81 Å². The highest BCUT2D eigenvalue weighted by atomic mass is 35.5. The van der Waals surface area contributed by atoms with Crippen LogP contribution >= 0.6 is 11.8 Å². The maximum atomic E-state index is 13.4. The highest BCUT2D eigenvalue weighted by molar-refractivity contribution is 6.23. The van der Waals surface area contributed by atoms with Crippen LogP contribution in [0, 0.1) is 5.82 Å². The third kappa shape index (κ3) is 4.60. The topological polar surface area (TPSA) is 99.6 Å². The number of nitrogens with zero attached hydrogens (tertiary/aromatic N) is 5. The van der Waals surface area contributed by atoms with Crippen molar-refractivity contribution >= 4 is 17.7 Å². The van der Waals surface area contributed by atoms with E-state index in [1.807, 2.05) is 0 Å². The summed E-state index contributed by atoms with van der Waals surface area (Å²) >= 11 is 6.37. The van der Waals surface area contributed by atoms with Gasteiger partial charge >= 0.3 is 12.2 Å². The Morgan fingerprint density at radius 2 is 2.00 bits per heavy atom. The average molecular weight is 517 g/mol. The SMILES string of the molecule is O=C1C(C2CNCCN2)NC=C(N2CCn3c(nnc3Oc3ccc(F)cc3C(F)(F)F)C2)N1Cl. The summed E-state index contributed by atoms with van der Waals surface area (Å²) < 4.78 is 61.3. The number of piperazine rings is 1. The van der Waals surface area contributed by atoms with Crippen LogP contribution in [0.5, 0.6) is 11.8 Å². The van der Waals surface area contributed by atoms with Crippen LogP contribution in [0.4, 0.5) is 17.6 Å². The average Bonchev–Trinajstić information content (AvgIpc) is 3.23. The third-order valence-electron chi connectivity index (χ3n) is 6.02. The van der Waals surface area contributed by atoms with Crippen molar-refractivity contribution in [1.82, 2.24) is 40.0 Å². The van der Waals surface area contributed by atoms with Crippen molar-refractivity contribution in [3.05, 3.63) is 47.4 Å². The van der Waals surface area contributed by atoms with E-state index in [1.54, 1.807) is 11.1 Å². The van der Waals surface area contributed by atoms with E-state index in [2.05, 4.69) is 26.1 Å². The molecule has 35 heavy (non-hydrogen) atoms. The third-order valence-corrected chi connectivity index (χ3v) is 6.36. The Kier molecular flexibility index (Phi) is 6.19. The minimum absolute atomic E-state index is 0.118. The maximum absolute atomic E-state index is 13.4. The fraction of sp³-hybridized carbons (Fsp3) is 0.450. The normalized spacial score (nSPS) is 23.0. The fourth-order valence-corrected chi connectivity index (χ4v) is 4.52. The van der Waals surface area contributed by atoms with Gasteiger partial charge in [-0.3, -0.25) is 9.36 Å². The van der Waals surface area contributed by atoms with Crippen molar-refractivity contribution in [2.24, 2.45) is 0 Å². The molecule has 0 bridgehead atoms. The van der Waals surface area contributed by atoms with E-state index in [1.165, 1.54) is 4.57 Å². The quantitative estimate of drug-likeness (QED) is 0.414. The molecule has 4 heterocycles. The molecule has 10 nitrogen and oxygen atoms in total. The zero-order valence-electron chi connectivity index (χ0n) is 18.1. The zero-order chi connectivity index (χ0) is 24.7. The van der Waals surface area contributed by atoms with Gasteiger partial charge in [-0.15, -0.1) is 5.10 Å². The molecule has 2 atom stereocenters. The van der Waals surface area contributed by atoms with Crippen LogP contribution in [0.25, 0.3) is 0 Å². The first-order valence-electron chi connectivity index (χ1n) is 10.8. The van der Waals surface area contributed by atoms with Gasteiger partial charge in [-0.2, -0.15) is 13.2 Å². The lowest BCUT2D eigenvalue weighted by Gasteiger charge is -2.40. The molecule has 1 amide bonds. The number of hydrogen-bond donors (Lipinski definition) is 3. The number of ether oxygens (including phenoxy) is 1. The molecule has 1 aromatic carbocycles. The molecule has 0 spiro atoms. The number of carbonyl (C=O) groups excluding carboxylic acids is 1. The van der Waals surface area contributed by atoms with E-state index in [4.69, 9.17) is 16.5 Å². The Bertz CT molecular complexity index is 1150. The summed E-state index contributed by atoms with van der Waals surface area (Å²) in [6, 6.07) is 1.34. The first-order valence-corrected chi connectivity index (χ1v) is 11.2. The number of nitrogens with one attached hydrogen (secondary N) is 3. The molecule has 2 aromatic rings. The van der Waals surface area contributed by atoms with E-state index in [0.717, 1.165) is 29.6 Å². The molecule has 5 rings (SSSR count). The zero-order valence-corrected chi connectivity index (χ0v) is 18.9. The summed E-state index contributed by atoms with van der Waals surface area (Å²) in [7, 11) is 0. The van der Waals surface area contributed by atoms with Crippen molar-refractivity contribution < 1.29 is 27.1 Å². The van der Waals surface area contributed by atoms with E-state index in [-0.39, 0.29) is 31.0 Å². The molecule has 15 heteroatoms. The van der Waals surface area contributed by atoms with Crippen molar-refractivity contribution in [1.29, 1.82) is 0 Å². The minimum atomic E-state index is -4.81. The molecular formula is C20H21ClF4N8O2. The van der Waals surface area contributed by atoms with E-state index in [9.17, 15) is 22.4 Å². The predicted molar refractivity (Wildman–Crippen MR) is 114 cm³/mol. The largest absolute Gasteiger partial charge is 0.424 e. The van der Waals surface area contributed by atoms with Crippen molar-refractivity contribution in [2.45, 2.75) is 31.3 Å². The number of benzene rings is 1. The molecule has 1 fully saturated rings. The summed E-state index contributed by atoms with van der Waals surface area (Å²) in [5.41, 5.74) is -1.25. The first kappa shape index (κ1) is 23.6. The van der Waals surface area contributed by atoms with Gasteiger partial charge in [0.1, 0.15) is 29.0 Å². The molecule has 3 aliphatic heterocycles. The molecule has 188 valence electrons. The second-order valence-electron chi connectivity index (χ2n) is 8.24. The number of hydrogen-bond acceptors (Lipinski definition) is 8. The van der Waals surface area contributed by atoms with Crippen molar-refractivity contribution in [3.63, 3.8) is 0 Å². The second-order valence-corrected chi connectivity index (χ2v) is 8.58. The van der Waals surface area contributed by atoms with Crippen LogP contribution in [0.15, 0.2) is 30.2 Å². The van der Waals surface area contributed by atoms with Gasteiger partial charge in [0.15, 0.2) is 5.82 Å². The number of rotatable bonds is 4. The van der Waals surface area contributed by atoms with Gasteiger partial charge in [0, 0.05) is 56.7 Å². The Morgan fingerprint density at radius 3 is 2.74 bits per heavy atom. The predicted octanol–water partition coefficient (Wildman–Crippen LogP) is 1.36. The van der Waals surface area contributed by atoms with Gasteiger partial charge in [-0.05, 0) is 18.2 Å². The highest BCUT2D eigenvalue weighted by Crippen LogP contribution is 2.38. The van der Waals surface area contributed by atoms with Crippen LogP contribution < -0.4 is 20.7 Å². The van der Waals surface area contributed by atoms with E-state index < -0.39 is 29.3 Å². The lowest BCUT2D eigenvalue weighted by atomic mass is 10.0. The number of aromatic nitrogens is 3. The van der Waals surface area contributed by atoms with Gasteiger partial charge < -0.3 is 25.6 Å². The Hall–Kier alpha value is -3.10. The van der Waals surface area contributed by atoms with Crippen molar-refractivity contribution in [2.75, 3.05) is 26.2 Å². The lowest BCUT2D eigenvalue weighted by Crippen LogP contribution is -2.63. The Balaban J connectivity index is 1.32. The molecule has 0 radical (unpaired) electrons. The monoisotopic (exact) mass is 516 g/mol. The summed E-state index contributed by atoms with van der Waals surface area (Å²) in [4.78, 5) is 14.7. The van der Waals surface area contributed by atoms with Crippen LogP contribution in [0.2, 0.25) is 0 Å². The van der Waals surface area contributed by atoms with Crippen LogP contribution in [0.1, 0.15) is 11.4 Å². The molecule has 1 aromatic heterocycles. The summed E-state index contributed by atoms with van der Waals surface area (Å²) in [5.74, 6) is -1.09. The molecule has 1 saturated heterocycles. The summed E-state index contributed by atoms with van der Waals surface area (Å²) in [6.45, 7) is 2.98. The summed E-state index contributed by atoms with van der Waals surface area (Å²) in [6.07, 6.45) is -3.15. The van der Waals surface area contributed by atoms with Crippen LogP contribution in [0.3, 0.4) is 0 Å². The Morgan fingerprint density at radius 1 is 1.17 bits per heavy atom. The number of fused-ring (bicyclic) bond motifs is 1. The maximum Gasteiger partial charge on any atom is 0.420 e. The minimum Gasteiger partial charge on any atom is -0.424 e.